The van der Waals surface area contributed by atoms with Gasteiger partial charge in [-0.25, -0.2) is 10.2 Å². The molecule has 0 bridgehead atoms. The monoisotopic (exact) mass is 363 g/mol. The smallest absolute Gasteiger partial charge is 0.443 e. The number of aromatic nitrogens is 1. The van der Waals surface area contributed by atoms with Gasteiger partial charge in [-0.05, 0) is 39.0 Å². The van der Waals surface area contributed by atoms with Crippen LogP contribution in [-0.4, -0.2) is 22.6 Å². The fourth-order valence-corrected chi connectivity index (χ4v) is 2.82. The minimum Gasteiger partial charge on any atom is -0.443 e. The third kappa shape index (κ3) is 4.88. The zero-order valence-electron chi connectivity index (χ0n) is 13.4. The summed E-state index contributed by atoms with van der Waals surface area (Å²) in [6.45, 7) is 5.15. The summed E-state index contributed by atoms with van der Waals surface area (Å²) in [5, 5.41) is 3.93. The number of nitrogens with one attached hydrogen (secondary N) is 1. The maximum atomic E-state index is 12.3. The topological polar surface area (TPSA) is 64.9 Å². The van der Waals surface area contributed by atoms with Crippen molar-refractivity contribution in [3.8, 4) is 5.75 Å². The molecule has 0 aliphatic rings. The molecule has 0 radical (unpaired) electrons. The zero-order valence-corrected chi connectivity index (χ0v) is 14.2. The van der Waals surface area contributed by atoms with Gasteiger partial charge in [-0.15, -0.1) is 18.3 Å². The van der Waals surface area contributed by atoms with Crippen LogP contribution in [0.1, 0.15) is 20.8 Å². The van der Waals surface area contributed by atoms with Crippen LogP contribution < -0.4 is 15.0 Å². The molecule has 0 saturated heterocycles. The van der Waals surface area contributed by atoms with Gasteiger partial charge >= 0.3 is 12.5 Å². The van der Waals surface area contributed by atoms with Gasteiger partial charge in [-0.3, -0.25) is 0 Å². The van der Waals surface area contributed by atoms with Gasteiger partial charge in [-0.2, -0.15) is 0 Å². The quantitative estimate of drug-likeness (QED) is 0.831. The molecule has 1 aromatic carbocycles. The molecule has 2 aromatic rings. The number of amides is 1. The van der Waals surface area contributed by atoms with Crippen LogP contribution >= 0.6 is 11.3 Å². The van der Waals surface area contributed by atoms with Crippen LogP contribution in [0.15, 0.2) is 23.3 Å². The minimum atomic E-state index is -4.75. The average molecular weight is 363 g/mol. The highest BCUT2D eigenvalue weighted by Gasteiger charge is 2.31. The minimum absolute atomic E-state index is 0.316. The molecule has 0 spiro atoms. The second-order valence-corrected chi connectivity index (χ2v) is 6.86. The molecule has 0 aliphatic carbocycles. The number of nitrogens with zero attached hydrogens (tertiary/aromatic N) is 2. The highest BCUT2D eigenvalue weighted by Crippen LogP contribution is 2.27. The van der Waals surface area contributed by atoms with Crippen molar-refractivity contribution in [2.75, 3.05) is 0 Å². The molecule has 10 heteroatoms. The van der Waals surface area contributed by atoms with Crippen molar-refractivity contribution in [2.24, 2.45) is 12.1 Å². The average Bonchev–Trinajstić information content (AvgIpc) is 2.69. The molecule has 132 valence electrons. The molecular formula is C14H16F3N3O3S. The van der Waals surface area contributed by atoms with Crippen LogP contribution in [-0.2, 0) is 11.8 Å². The van der Waals surface area contributed by atoms with Crippen molar-refractivity contribution in [2.45, 2.75) is 32.7 Å². The molecule has 2 rings (SSSR count). The molecule has 1 amide bonds. The summed E-state index contributed by atoms with van der Waals surface area (Å²) in [5.41, 5.74) is 2.24. The Morgan fingerprint density at radius 1 is 1.29 bits per heavy atom. The molecule has 1 N–H and O–H groups in total. The van der Waals surface area contributed by atoms with Gasteiger partial charge in [0.25, 0.3) is 0 Å². The normalized spacial score (nSPS) is 13.2. The van der Waals surface area contributed by atoms with Crippen molar-refractivity contribution in [1.82, 2.24) is 9.99 Å². The molecule has 0 aliphatic heterocycles. The van der Waals surface area contributed by atoms with Gasteiger partial charge in [0.15, 0.2) is 0 Å². The predicted molar refractivity (Wildman–Crippen MR) is 82.4 cm³/mol. The Balaban J connectivity index is 2.27. The SMILES string of the molecule is Cn1/c(=N\NC(=O)OC(C)(C)C)sc2cc(OC(F)(F)F)ccc21. The lowest BCUT2D eigenvalue weighted by atomic mass is 10.2. The molecule has 0 saturated carbocycles. The predicted octanol–water partition coefficient (Wildman–Crippen LogP) is 3.48. The lowest BCUT2D eigenvalue weighted by molar-refractivity contribution is -0.274. The Labute approximate surface area is 139 Å². The largest absolute Gasteiger partial charge is 0.573 e. The summed E-state index contributed by atoms with van der Waals surface area (Å²) < 4.78 is 47.9. The first-order chi connectivity index (χ1) is 10.9. The number of halogens is 3. The van der Waals surface area contributed by atoms with Crippen LogP contribution in [0.4, 0.5) is 18.0 Å². The highest BCUT2D eigenvalue weighted by atomic mass is 32.1. The highest BCUT2D eigenvalue weighted by molar-refractivity contribution is 7.16. The van der Waals surface area contributed by atoms with Gasteiger partial charge in [0.2, 0.25) is 4.80 Å². The van der Waals surface area contributed by atoms with Gasteiger partial charge in [0.1, 0.15) is 11.4 Å². The molecule has 0 atom stereocenters. The van der Waals surface area contributed by atoms with Crippen molar-refractivity contribution in [1.29, 1.82) is 0 Å². The summed E-state index contributed by atoms with van der Waals surface area (Å²) >= 11 is 1.10. The van der Waals surface area contributed by atoms with E-state index in [4.69, 9.17) is 4.74 Å². The van der Waals surface area contributed by atoms with Gasteiger partial charge in [-0.1, -0.05) is 11.3 Å². The molecule has 6 nitrogen and oxygen atoms in total. The first-order valence-corrected chi connectivity index (χ1v) is 7.64. The number of thiazole rings is 1. The fraction of sp³-hybridized carbons (Fsp3) is 0.429. The summed E-state index contributed by atoms with van der Waals surface area (Å²) in [5.74, 6) is -0.316. The Morgan fingerprint density at radius 3 is 2.54 bits per heavy atom. The second kappa shape index (κ2) is 6.34. The van der Waals surface area contributed by atoms with E-state index in [0.29, 0.717) is 15.0 Å². The maximum Gasteiger partial charge on any atom is 0.573 e. The molecule has 1 heterocycles. The van der Waals surface area contributed by atoms with Crippen LogP contribution in [0.3, 0.4) is 0 Å². The lowest BCUT2D eigenvalue weighted by Gasteiger charge is -2.18. The van der Waals surface area contributed by atoms with E-state index in [1.165, 1.54) is 18.2 Å². The number of rotatable bonds is 2. The number of alkyl halides is 3. The number of fused-ring (bicyclic) bond motifs is 1. The van der Waals surface area contributed by atoms with Crippen LogP contribution in [0.2, 0.25) is 0 Å². The van der Waals surface area contributed by atoms with E-state index in [2.05, 4.69) is 15.3 Å². The van der Waals surface area contributed by atoms with E-state index in [-0.39, 0.29) is 5.75 Å². The first-order valence-electron chi connectivity index (χ1n) is 6.83. The summed E-state index contributed by atoms with van der Waals surface area (Å²) in [6.07, 6.45) is -5.47. The Bertz CT molecular complexity index is 818. The van der Waals surface area contributed by atoms with Crippen molar-refractivity contribution in [3.63, 3.8) is 0 Å². The molecular weight excluding hydrogens is 347 g/mol. The van der Waals surface area contributed by atoms with E-state index in [1.807, 2.05) is 0 Å². The van der Waals surface area contributed by atoms with Crippen LogP contribution in [0, 0.1) is 0 Å². The van der Waals surface area contributed by atoms with E-state index in [1.54, 1.807) is 32.4 Å². The zero-order chi connectivity index (χ0) is 18.1. The standard InChI is InChI=1S/C14H16F3N3O3S/c1-13(2,3)23-12(21)19-18-11-20(4)9-6-5-8(7-10(9)24-11)22-14(15,16)17/h5-7H,1-4H3,(H,19,21)/b18-11+. The number of benzene rings is 1. The summed E-state index contributed by atoms with van der Waals surface area (Å²) in [4.78, 5) is 12.0. The third-order valence-corrected chi connectivity index (χ3v) is 3.75. The van der Waals surface area contributed by atoms with E-state index in [9.17, 15) is 18.0 Å². The van der Waals surface area contributed by atoms with Crippen LogP contribution in [0.5, 0.6) is 5.75 Å². The molecule has 0 unspecified atom stereocenters. The number of carbonyl (C=O) groups is 1. The fourth-order valence-electron chi connectivity index (χ4n) is 1.81. The number of ether oxygens (including phenoxy) is 2. The summed E-state index contributed by atoms with van der Waals surface area (Å²) in [6, 6.07) is 3.97. The Morgan fingerprint density at radius 2 is 1.96 bits per heavy atom. The van der Waals surface area contributed by atoms with E-state index < -0.39 is 18.1 Å². The molecule has 1 aromatic heterocycles. The van der Waals surface area contributed by atoms with E-state index in [0.717, 1.165) is 11.3 Å². The number of hydrogen-bond donors (Lipinski definition) is 1. The number of aryl methyl sites for hydroxylation is 1. The second-order valence-electron chi connectivity index (χ2n) is 5.85. The summed E-state index contributed by atoms with van der Waals surface area (Å²) in [7, 11) is 1.68. The molecule has 24 heavy (non-hydrogen) atoms. The maximum absolute atomic E-state index is 12.3. The lowest BCUT2D eigenvalue weighted by Crippen LogP contribution is -2.31. The van der Waals surface area contributed by atoms with Crippen molar-refractivity contribution >= 4 is 27.6 Å². The van der Waals surface area contributed by atoms with Crippen LogP contribution in [0.25, 0.3) is 10.2 Å². The third-order valence-electron chi connectivity index (χ3n) is 2.66. The van der Waals surface area contributed by atoms with Crippen molar-refractivity contribution in [3.05, 3.63) is 23.0 Å². The number of carbonyl (C=O) groups excluding carboxylic acids is 1. The van der Waals surface area contributed by atoms with Gasteiger partial charge < -0.3 is 14.0 Å². The first kappa shape index (κ1) is 18.1. The number of hydrogen-bond acceptors (Lipinski definition) is 5. The Kier molecular flexibility index (Phi) is 4.79. The van der Waals surface area contributed by atoms with E-state index >= 15 is 0 Å². The van der Waals surface area contributed by atoms with Gasteiger partial charge in [0, 0.05) is 7.05 Å². The van der Waals surface area contributed by atoms with Crippen molar-refractivity contribution < 1.29 is 27.4 Å². The Hall–Kier alpha value is -2.23. The molecule has 0 fully saturated rings. The van der Waals surface area contributed by atoms with Gasteiger partial charge in [0.05, 0.1) is 10.2 Å².